The van der Waals surface area contributed by atoms with Gasteiger partial charge in [0.2, 0.25) is 5.91 Å². The first-order valence-corrected chi connectivity index (χ1v) is 6.99. The monoisotopic (exact) mass is 314 g/mol. The molecule has 0 heterocycles. The smallest absolute Gasteiger partial charge is 0.337 e. The minimum atomic E-state index is -1.27. The number of thioether (sulfide) groups is 1. The maximum Gasteiger partial charge on any atom is 0.337 e. The summed E-state index contributed by atoms with van der Waals surface area (Å²) in [5.41, 5.74) is -0.577. The number of carbonyl (C=O) groups is 2. The number of nitrogens with one attached hydrogen (secondary N) is 1. The average molecular weight is 314 g/mol. The van der Waals surface area contributed by atoms with Crippen LogP contribution in [0.1, 0.15) is 10.4 Å². The van der Waals surface area contributed by atoms with Gasteiger partial charge in [0.15, 0.2) is 0 Å². The molecular formula is C12H14N2O6S. The van der Waals surface area contributed by atoms with Gasteiger partial charge in [-0.1, -0.05) is 0 Å². The van der Waals surface area contributed by atoms with Gasteiger partial charge in [-0.3, -0.25) is 14.9 Å². The number of methoxy groups -OCH3 is 1. The fourth-order valence-electron chi connectivity index (χ4n) is 1.43. The summed E-state index contributed by atoms with van der Waals surface area (Å²) < 4.78 is 4.83. The van der Waals surface area contributed by atoms with Crippen molar-refractivity contribution in [3.63, 3.8) is 0 Å². The second-order valence-electron chi connectivity index (χ2n) is 3.89. The van der Waals surface area contributed by atoms with Crippen molar-refractivity contribution in [2.45, 2.75) is 0 Å². The Morgan fingerprint density at radius 1 is 1.48 bits per heavy atom. The SMILES string of the molecule is COCCSCC(=O)Nc1cc([N+](=O)[O-])ccc1C(=O)O. The molecule has 21 heavy (non-hydrogen) atoms. The van der Waals surface area contributed by atoms with Gasteiger partial charge in [-0.25, -0.2) is 4.79 Å². The summed E-state index contributed by atoms with van der Waals surface area (Å²) in [6.07, 6.45) is 0. The Morgan fingerprint density at radius 2 is 2.19 bits per heavy atom. The summed E-state index contributed by atoms with van der Waals surface area (Å²) in [5.74, 6) is -0.984. The molecule has 1 rings (SSSR count). The van der Waals surface area contributed by atoms with E-state index in [-0.39, 0.29) is 22.7 Å². The zero-order valence-electron chi connectivity index (χ0n) is 11.2. The number of aromatic carboxylic acids is 1. The van der Waals surface area contributed by atoms with E-state index in [1.54, 1.807) is 7.11 Å². The first kappa shape index (κ1) is 16.9. The minimum Gasteiger partial charge on any atom is -0.478 e. The summed E-state index contributed by atoms with van der Waals surface area (Å²) >= 11 is 1.31. The molecule has 1 aromatic carbocycles. The van der Waals surface area contributed by atoms with Crippen LogP contribution in [0, 0.1) is 10.1 Å². The number of hydrogen-bond donors (Lipinski definition) is 2. The first-order valence-electron chi connectivity index (χ1n) is 5.84. The molecule has 0 aliphatic rings. The number of non-ortho nitro benzene ring substituents is 1. The number of carbonyl (C=O) groups excluding carboxylic acids is 1. The number of anilines is 1. The number of amides is 1. The first-order chi connectivity index (χ1) is 9.95. The quantitative estimate of drug-likeness (QED) is 0.425. The van der Waals surface area contributed by atoms with Crippen LogP contribution in [0.3, 0.4) is 0 Å². The standard InChI is InChI=1S/C12H14N2O6S/c1-20-4-5-21-7-11(15)13-10-6-8(14(18)19)2-3-9(10)12(16)17/h2-3,6H,4-5,7H2,1H3,(H,13,15)(H,16,17). The number of rotatable bonds is 8. The van der Waals surface area contributed by atoms with Gasteiger partial charge in [0.05, 0.1) is 28.5 Å². The van der Waals surface area contributed by atoms with E-state index < -0.39 is 16.8 Å². The van der Waals surface area contributed by atoms with Gasteiger partial charge in [0.25, 0.3) is 5.69 Å². The van der Waals surface area contributed by atoms with Crippen LogP contribution in [0.4, 0.5) is 11.4 Å². The van der Waals surface area contributed by atoms with Crippen LogP contribution < -0.4 is 5.32 Å². The normalized spacial score (nSPS) is 10.1. The van der Waals surface area contributed by atoms with E-state index in [0.717, 1.165) is 18.2 Å². The maximum atomic E-state index is 11.7. The van der Waals surface area contributed by atoms with Gasteiger partial charge in [-0.2, -0.15) is 0 Å². The Labute approximate surface area is 124 Å². The highest BCUT2D eigenvalue weighted by molar-refractivity contribution is 7.99. The molecule has 0 aromatic heterocycles. The average Bonchev–Trinajstić information content (AvgIpc) is 2.43. The molecule has 0 unspecified atom stereocenters. The molecule has 0 saturated heterocycles. The minimum absolute atomic E-state index is 0.0889. The Kier molecular flexibility index (Phi) is 6.63. The van der Waals surface area contributed by atoms with Crippen molar-refractivity contribution in [2.75, 3.05) is 30.5 Å². The molecule has 0 aliphatic heterocycles. The Bertz CT molecular complexity index is 549. The molecular weight excluding hydrogens is 300 g/mol. The van der Waals surface area contributed by atoms with Crippen LogP contribution in [0.2, 0.25) is 0 Å². The van der Waals surface area contributed by atoms with Crippen LogP contribution in [0.15, 0.2) is 18.2 Å². The summed E-state index contributed by atoms with van der Waals surface area (Å²) in [5, 5.41) is 22.1. The predicted octanol–water partition coefficient (Wildman–Crippen LogP) is 1.61. The number of carboxylic acid groups (broad SMARTS) is 1. The van der Waals surface area contributed by atoms with Crippen LogP contribution in [0.5, 0.6) is 0 Å². The zero-order valence-corrected chi connectivity index (χ0v) is 12.0. The number of nitro benzene ring substituents is 1. The third-order valence-corrected chi connectivity index (χ3v) is 3.31. The van der Waals surface area contributed by atoms with Crippen molar-refractivity contribution in [3.05, 3.63) is 33.9 Å². The van der Waals surface area contributed by atoms with Crippen molar-refractivity contribution < 1.29 is 24.4 Å². The zero-order chi connectivity index (χ0) is 15.8. The molecule has 9 heteroatoms. The Hall–Kier alpha value is -2.13. The lowest BCUT2D eigenvalue weighted by Gasteiger charge is -2.08. The lowest BCUT2D eigenvalue weighted by atomic mass is 10.1. The fourth-order valence-corrected chi connectivity index (χ4v) is 2.12. The summed E-state index contributed by atoms with van der Waals surface area (Å²) in [7, 11) is 1.54. The topological polar surface area (TPSA) is 119 Å². The molecule has 2 N–H and O–H groups in total. The van der Waals surface area contributed by atoms with Crippen LogP contribution in [0.25, 0.3) is 0 Å². The van der Waals surface area contributed by atoms with Crippen molar-refractivity contribution in [3.8, 4) is 0 Å². The summed E-state index contributed by atoms with van der Waals surface area (Å²) in [4.78, 5) is 32.8. The number of nitrogens with zero attached hydrogens (tertiary/aromatic N) is 1. The number of benzene rings is 1. The third-order valence-electron chi connectivity index (χ3n) is 2.38. The molecule has 1 amide bonds. The molecule has 0 fully saturated rings. The molecule has 0 spiro atoms. The third kappa shape index (κ3) is 5.40. The maximum absolute atomic E-state index is 11.7. The van der Waals surface area contributed by atoms with Gasteiger partial charge in [0.1, 0.15) is 0 Å². The highest BCUT2D eigenvalue weighted by Gasteiger charge is 2.17. The molecule has 114 valence electrons. The van der Waals surface area contributed by atoms with E-state index in [0.29, 0.717) is 12.4 Å². The number of carboxylic acids is 1. The second-order valence-corrected chi connectivity index (χ2v) is 4.99. The summed E-state index contributed by atoms with van der Waals surface area (Å²) in [6.45, 7) is 0.495. The van der Waals surface area contributed by atoms with Crippen LogP contribution in [-0.4, -0.2) is 47.1 Å². The Morgan fingerprint density at radius 3 is 2.76 bits per heavy atom. The van der Waals surface area contributed by atoms with Gasteiger partial charge < -0.3 is 15.2 Å². The van der Waals surface area contributed by atoms with Gasteiger partial charge >= 0.3 is 5.97 Å². The summed E-state index contributed by atoms with van der Waals surface area (Å²) in [6, 6.07) is 3.20. The molecule has 0 radical (unpaired) electrons. The van der Waals surface area contributed by atoms with Gasteiger partial charge in [-0.05, 0) is 6.07 Å². The van der Waals surface area contributed by atoms with Crippen molar-refractivity contribution in [1.82, 2.24) is 0 Å². The van der Waals surface area contributed by atoms with Crippen molar-refractivity contribution in [2.24, 2.45) is 0 Å². The highest BCUT2D eigenvalue weighted by atomic mass is 32.2. The molecule has 0 saturated carbocycles. The van der Waals surface area contributed by atoms with E-state index in [1.165, 1.54) is 11.8 Å². The van der Waals surface area contributed by atoms with E-state index >= 15 is 0 Å². The number of ether oxygens (including phenoxy) is 1. The fraction of sp³-hybridized carbons (Fsp3) is 0.333. The van der Waals surface area contributed by atoms with Gasteiger partial charge in [-0.15, -0.1) is 11.8 Å². The van der Waals surface area contributed by atoms with E-state index in [4.69, 9.17) is 9.84 Å². The van der Waals surface area contributed by atoms with Crippen LogP contribution in [-0.2, 0) is 9.53 Å². The lowest BCUT2D eigenvalue weighted by molar-refractivity contribution is -0.384. The molecule has 0 bridgehead atoms. The van der Waals surface area contributed by atoms with E-state index in [2.05, 4.69) is 5.32 Å². The van der Waals surface area contributed by atoms with Crippen molar-refractivity contribution in [1.29, 1.82) is 0 Å². The Balaban J connectivity index is 2.79. The van der Waals surface area contributed by atoms with Crippen LogP contribution >= 0.6 is 11.8 Å². The number of nitro groups is 1. The number of hydrogen-bond acceptors (Lipinski definition) is 6. The largest absolute Gasteiger partial charge is 0.478 e. The van der Waals surface area contributed by atoms with E-state index in [1.807, 2.05) is 0 Å². The lowest BCUT2D eigenvalue weighted by Crippen LogP contribution is -2.17. The van der Waals surface area contributed by atoms with E-state index in [9.17, 15) is 19.7 Å². The molecule has 8 nitrogen and oxygen atoms in total. The molecule has 0 aliphatic carbocycles. The molecule has 0 atom stereocenters. The highest BCUT2D eigenvalue weighted by Crippen LogP contribution is 2.23. The predicted molar refractivity (Wildman–Crippen MR) is 77.9 cm³/mol. The van der Waals surface area contributed by atoms with Crippen molar-refractivity contribution >= 4 is 35.0 Å². The molecule has 1 aromatic rings. The second kappa shape index (κ2) is 8.22. The van der Waals surface area contributed by atoms with Gasteiger partial charge in [0, 0.05) is 25.0 Å².